The van der Waals surface area contributed by atoms with Crippen molar-refractivity contribution in [1.29, 1.82) is 0 Å². The van der Waals surface area contributed by atoms with Crippen LogP contribution in [-0.4, -0.2) is 43.0 Å². The zero-order valence-corrected chi connectivity index (χ0v) is 9.68. The van der Waals surface area contributed by atoms with Gasteiger partial charge in [0.25, 0.3) is 0 Å². The van der Waals surface area contributed by atoms with E-state index in [1.807, 2.05) is 13.8 Å². The number of methoxy groups -OCH3 is 1. The van der Waals surface area contributed by atoms with Gasteiger partial charge in [-0.2, -0.15) is 0 Å². The number of ether oxygens (including phenoxy) is 1. The van der Waals surface area contributed by atoms with Crippen LogP contribution in [0.15, 0.2) is 0 Å². The fourth-order valence-corrected chi connectivity index (χ4v) is 1.45. The third-order valence-electron chi connectivity index (χ3n) is 1.93. The van der Waals surface area contributed by atoms with E-state index >= 15 is 0 Å². The van der Waals surface area contributed by atoms with Crippen LogP contribution in [0.2, 0.25) is 0 Å². The van der Waals surface area contributed by atoms with Gasteiger partial charge in [0.05, 0.1) is 5.60 Å². The predicted molar refractivity (Wildman–Crippen MR) is 54.0 cm³/mol. The van der Waals surface area contributed by atoms with Gasteiger partial charge in [0.1, 0.15) is 5.38 Å². The van der Waals surface area contributed by atoms with E-state index in [1.165, 1.54) is 4.90 Å². The number of hydrogen-bond donors (Lipinski definition) is 0. The molecule has 3 nitrogen and oxygen atoms in total. The Morgan fingerprint density at radius 2 is 2.00 bits per heavy atom. The summed E-state index contributed by atoms with van der Waals surface area (Å²) in [6, 6.07) is 0. The minimum atomic E-state index is -0.509. The molecule has 0 aromatic carbocycles. The number of rotatable bonds is 4. The van der Waals surface area contributed by atoms with Crippen LogP contribution < -0.4 is 0 Å². The fourth-order valence-electron chi connectivity index (χ4n) is 0.882. The van der Waals surface area contributed by atoms with Gasteiger partial charge in [-0.1, -0.05) is 0 Å². The fraction of sp³-hybridized carbons (Fsp3) is 0.889. The van der Waals surface area contributed by atoms with Crippen LogP contribution >= 0.6 is 11.6 Å². The highest BCUT2D eigenvalue weighted by atomic mass is 35.5. The maximum Gasteiger partial charge on any atom is 0.240 e. The molecule has 0 fully saturated rings. The van der Waals surface area contributed by atoms with Crippen LogP contribution in [0.4, 0.5) is 0 Å². The Kier molecular flexibility index (Phi) is 4.71. The van der Waals surface area contributed by atoms with Gasteiger partial charge in [0.15, 0.2) is 0 Å². The lowest BCUT2D eigenvalue weighted by molar-refractivity contribution is -0.129. The molecule has 0 aliphatic carbocycles. The monoisotopic (exact) mass is 207 g/mol. The summed E-state index contributed by atoms with van der Waals surface area (Å²) in [5.41, 5.74) is -0.349. The molecule has 0 spiro atoms. The van der Waals surface area contributed by atoms with Crippen LogP contribution in [0.3, 0.4) is 0 Å². The molecule has 1 amide bonds. The number of carbonyl (C=O) groups excluding carboxylic acids is 1. The van der Waals surface area contributed by atoms with E-state index in [4.69, 9.17) is 16.3 Å². The molecule has 78 valence electrons. The first kappa shape index (κ1) is 12.7. The predicted octanol–water partition coefficient (Wildman–Crippen LogP) is 1.50. The van der Waals surface area contributed by atoms with Crippen molar-refractivity contribution in [3.63, 3.8) is 0 Å². The van der Waals surface area contributed by atoms with Gasteiger partial charge in [-0.15, -0.1) is 11.6 Å². The second-order valence-electron chi connectivity index (χ2n) is 3.87. The first-order chi connectivity index (χ1) is 5.80. The van der Waals surface area contributed by atoms with Crippen molar-refractivity contribution in [2.45, 2.75) is 31.2 Å². The summed E-state index contributed by atoms with van der Waals surface area (Å²) >= 11 is 5.92. The van der Waals surface area contributed by atoms with E-state index in [9.17, 15) is 4.79 Å². The molecule has 0 saturated carbocycles. The summed E-state index contributed by atoms with van der Waals surface area (Å²) in [7, 11) is 5.00. The highest BCUT2D eigenvalue weighted by molar-refractivity contribution is 6.30. The lowest BCUT2D eigenvalue weighted by Crippen LogP contribution is -2.36. The molecule has 0 aliphatic rings. The van der Waals surface area contributed by atoms with Gasteiger partial charge in [-0.05, 0) is 13.8 Å². The maximum absolute atomic E-state index is 11.4. The summed E-state index contributed by atoms with van der Waals surface area (Å²) in [6.45, 7) is 3.82. The Bertz CT molecular complexity index is 180. The number of carbonyl (C=O) groups is 1. The van der Waals surface area contributed by atoms with Crippen molar-refractivity contribution in [1.82, 2.24) is 4.90 Å². The molecule has 0 aromatic rings. The Hall–Kier alpha value is -0.280. The van der Waals surface area contributed by atoms with Crippen LogP contribution in [0.1, 0.15) is 20.3 Å². The van der Waals surface area contributed by atoms with E-state index < -0.39 is 5.38 Å². The van der Waals surface area contributed by atoms with Gasteiger partial charge in [-0.25, -0.2) is 0 Å². The minimum absolute atomic E-state index is 0.0770. The average molecular weight is 208 g/mol. The lowest BCUT2D eigenvalue weighted by atomic mass is 10.0. The number of hydrogen-bond acceptors (Lipinski definition) is 2. The van der Waals surface area contributed by atoms with Crippen molar-refractivity contribution < 1.29 is 9.53 Å². The van der Waals surface area contributed by atoms with E-state index in [1.54, 1.807) is 21.2 Å². The number of amides is 1. The van der Waals surface area contributed by atoms with Crippen molar-refractivity contribution in [3.05, 3.63) is 0 Å². The second kappa shape index (κ2) is 4.82. The zero-order valence-electron chi connectivity index (χ0n) is 8.93. The van der Waals surface area contributed by atoms with E-state index in [2.05, 4.69) is 0 Å². The summed E-state index contributed by atoms with van der Waals surface area (Å²) < 4.78 is 5.18. The zero-order chi connectivity index (χ0) is 10.6. The summed E-state index contributed by atoms with van der Waals surface area (Å²) in [5, 5.41) is -0.509. The van der Waals surface area contributed by atoms with Gasteiger partial charge in [0, 0.05) is 27.6 Å². The Morgan fingerprint density at radius 3 is 2.31 bits per heavy atom. The lowest BCUT2D eigenvalue weighted by Gasteiger charge is -2.26. The van der Waals surface area contributed by atoms with Crippen LogP contribution in [-0.2, 0) is 9.53 Å². The summed E-state index contributed by atoms with van der Waals surface area (Å²) in [6.07, 6.45) is 0.516. The SMILES string of the molecule is COC(C)(C)CC(Cl)C(=O)N(C)C. The second-order valence-corrected chi connectivity index (χ2v) is 4.39. The van der Waals surface area contributed by atoms with Crippen molar-refractivity contribution in [2.75, 3.05) is 21.2 Å². The van der Waals surface area contributed by atoms with Crippen LogP contribution in [0.5, 0.6) is 0 Å². The van der Waals surface area contributed by atoms with E-state index in [-0.39, 0.29) is 11.5 Å². The molecule has 0 heterocycles. The maximum atomic E-state index is 11.4. The molecule has 0 rings (SSSR count). The summed E-state index contributed by atoms with van der Waals surface area (Å²) in [5.74, 6) is -0.0770. The largest absolute Gasteiger partial charge is 0.379 e. The third kappa shape index (κ3) is 4.48. The molecule has 0 aromatic heterocycles. The molecule has 1 atom stereocenters. The first-order valence-corrected chi connectivity index (χ1v) is 4.64. The number of nitrogens with zero attached hydrogens (tertiary/aromatic N) is 1. The molecule has 0 saturated heterocycles. The topological polar surface area (TPSA) is 29.5 Å². The van der Waals surface area contributed by atoms with E-state index in [0.29, 0.717) is 6.42 Å². The highest BCUT2D eigenvalue weighted by Gasteiger charge is 2.26. The molecule has 4 heteroatoms. The van der Waals surface area contributed by atoms with Gasteiger partial charge in [-0.3, -0.25) is 4.79 Å². The van der Waals surface area contributed by atoms with Gasteiger partial charge in [0.2, 0.25) is 5.91 Å². The van der Waals surface area contributed by atoms with Crippen LogP contribution in [0.25, 0.3) is 0 Å². The molecule has 0 aliphatic heterocycles. The number of halogens is 1. The van der Waals surface area contributed by atoms with Gasteiger partial charge >= 0.3 is 0 Å². The normalized spacial score (nSPS) is 14.0. The smallest absolute Gasteiger partial charge is 0.240 e. The van der Waals surface area contributed by atoms with Crippen molar-refractivity contribution >= 4 is 17.5 Å². The molecular weight excluding hydrogens is 190 g/mol. The van der Waals surface area contributed by atoms with Gasteiger partial charge < -0.3 is 9.64 Å². The molecule has 13 heavy (non-hydrogen) atoms. The Balaban J connectivity index is 4.15. The quantitative estimate of drug-likeness (QED) is 0.654. The minimum Gasteiger partial charge on any atom is -0.379 e. The molecule has 0 bridgehead atoms. The number of alkyl halides is 1. The molecule has 0 radical (unpaired) electrons. The standard InChI is InChI=1S/C9H18ClNO2/c1-9(2,13-5)6-7(10)8(12)11(3)4/h7H,6H2,1-5H3. The molecule has 0 N–H and O–H groups in total. The first-order valence-electron chi connectivity index (χ1n) is 4.20. The average Bonchev–Trinajstić information content (AvgIpc) is 2.02. The van der Waals surface area contributed by atoms with Crippen molar-refractivity contribution in [3.8, 4) is 0 Å². The summed E-state index contributed by atoms with van der Waals surface area (Å²) in [4.78, 5) is 12.9. The third-order valence-corrected chi connectivity index (χ3v) is 2.27. The molecule has 1 unspecified atom stereocenters. The molecular formula is C9H18ClNO2. The van der Waals surface area contributed by atoms with Crippen molar-refractivity contribution in [2.24, 2.45) is 0 Å². The Morgan fingerprint density at radius 1 is 1.54 bits per heavy atom. The van der Waals surface area contributed by atoms with Crippen LogP contribution in [0, 0.1) is 0 Å². The Labute approximate surface area is 85.0 Å². The highest BCUT2D eigenvalue weighted by Crippen LogP contribution is 2.19. The van der Waals surface area contributed by atoms with E-state index in [0.717, 1.165) is 0 Å².